The molecule has 2 aliphatic heterocycles. The van der Waals surface area contributed by atoms with E-state index in [9.17, 15) is 13.6 Å². The van der Waals surface area contributed by atoms with E-state index in [0.29, 0.717) is 24.9 Å². The van der Waals surface area contributed by atoms with Gasteiger partial charge in [-0.25, -0.2) is 8.78 Å². The average molecular weight is 468 g/mol. The second-order valence-corrected chi connectivity index (χ2v) is 9.29. The molecule has 166 valence electrons. The van der Waals surface area contributed by atoms with Gasteiger partial charge in [0, 0.05) is 43.4 Å². The van der Waals surface area contributed by atoms with E-state index >= 15 is 0 Å². The number of hydrogen-bond donors (Lipinski definition) is 1. The fraction of sp³-hybridized carbons (Fsp3) is 0.435. The van der Waals surface area contributed by atoms with E-state index in [1.807, 2.05) is 25.1 Å². The quantitative estimate of drug-likeness (QED) is 0.474. The molecule has 0 saturated carbocycles. The van der Waals surface area contributed by atoms with Crippen LogP contribution in [-0.4, -0.2) is 55.0 Å². The van der Waals surface area contributed by atoms with Crippen molar-refractivity contribution in [2.75, 3.05) is 44.6 Å². The van der Waals surface area contributed by atoms with Gasteiger partial charge in [0.1, 0.15) is 0 Å². The third-order valence-corrected chi connectivity index (χ3v) is 6.96. The molecule has 1 N–H and O–H groups in total. The Morgan fingerprint density at radius 2 is 1.71 bits per heavy atom. The Morgan fingerprint density at radius 3 is 2.39 bits per heavy atom. The second-order valence-electron chi connectivity index (χ2n) is 8.48. The molecule has 2 aromatic rings. The molecule has 2 unspecified atom stereocenters. The minimum atomic E-state index is -1.06. The van der Waals surface area contributed by atoms with Crippen molar-refractivity contribution in [3.63, 3.8) is 0 Å². The summed E-state index contributed by atoms with van der Waals surface area (Å²) < 4.78 is 26.8. The van der Waals surface area contributed by atoms with Crippen LogP contribution in [0.15, 0.2) is 30.3 Å². The van der Waals surface area contributed by atoms with Gasteiger partial charge < -0.3 is 15.1 Å². The van der Waals surface area contributed by atoms with Gasteiger partial charge in [0.05, 0.1) is 10.6 Å². The minimum Gasteiger partial charge on any atom is -0.385 e. The van der Waals surface area contributed by atoms with E-state index in [1.54, 1.807) is 4.90 Å². The molecule has 0 spiro atoms. The molecule has 2 atom stereocenters. The van der Waals surface area contributed by atoms with Crippen molar-refractivity contribution < 1.29 is 13.6 Å². The third-order valence-electron chi connectivity index (χ3n) is 6.24. The zero-order valence-corrected chi connectivity index (χ0v) is 18.8. The average Bonchev–Trinajstić information content (AvgIpc) is 3.29. The third kappa shape index (κ3) is 4.97. The van der Waals surface area contributed by atoms with Gasteiger partial charge in [-0.2, -0.15) is 0 Å². The van der Waals surface area contributed by atoms with Crippen molar-refractivity contribution >= 4 is 34.8 Å². The van der Waals surface area contributed by atoms with Crippen LogP contribution in [0.3, 0.4) is 0 Å². The fourth-order valence-electron chi connectivity index (χ4n) is 4.53. The first-order valence-electron chi connectivity index (χ1n) is 10.5. The summed E-state index contributed by atoms with van der Waals surface area (Å²) in [4.78, 5) is 16.9. The van der Waals surface area contributed by atoms with Crippen molar-refractivity contribution in [3.05, 3.63) is 63.1 Å². The van der Waals surface area contributed by atoms with Gasteiger partial charge in [-0.05, 0) is 61.6 Å². The number of rotatable bonds is 6. The number of aryl methyl sites for hydroxylation is 1. The van der Waals surface area contributed by atoms with Crippen LogP contribution in [0.4, 0.5) is 14.5 Å². The largest absolute Gasteiger partial charge is 0.385 e. The Hall–Kier alpha value is -1.89. The Bertz CT molecular complexity index is 974. The Kier molecular flexibility index (Phi) is 6.70. The molecule has 0 radical (unpaired) electrons. The lowest BCUT2D eigenvalue weighted by molar-refractivity contribution is 0.0773. The van der Waals surface area contributed by atoms with E-state index in [4.69, 9.17) is 23.2 Å². The minimum absolute atomic E-state index is 0.0275. The summed E-state index contributed by atoms with van der Waals surface area (Å²) >= 11 is 12.1. The fourth-order valence-corrected chi connectivity index (χ4v) is 4.95. The maximum absolute atomic E-state index is 13.6. The molecular weight excluding hydrogens is 443 g/mol. The first-order chi connectivity index (χ1) is 14.8. The van der Waals surface area contributed by atoms with Crippen LogP contribution < -0.4 is 5.32 Å². The molecule has 2 heterocycles. The summed E-state index contributed by atoms with van der Waals surface area (Å²) in [5.41, 5.74) is 2.12. The molecular formula is C23H25Cl2F2N3O. The number of halogens is 4. The number of likely N-dealkylation sites (tertiary alicyclic amines) is 2. The molecule has 8 heteroatoms. The van der Waals surface area contributed by atoms with Crippen LogP contribution in [0.2, 0.25) is 10.0 Å². The molecule has 0 aliphatic carbocycles. The number of carbonyl (C=O) groups is 1. The number of carbonyl (C=O) groups excluding carboxylic acids is 1. The molecule has 2 fully saturated rings. The summed E-state index contributed by atoms with van der Waals surface area (Å²) in [6.45, 7) is 6.96. The van der Waals surface area contributed by atoms with Crippen molar-refractivity contribution in [2.45, 2.75) is 13.3 Å². The maximum atomic E-state index is 13.6. The molecule has 0 bridgehead atoms. The summed E-state index contributed by atoms with van der Waals surface area (Å²) in [5.74, 6) is -1.63. The predicted octanol–water partition coefficient (Wildman–Crippen LogP) is 5.09. The van der Waals surface area contributed by atoms with Crippen molar-refractivity contribution in [1.82, 2.24) is 9.80 Å². The number of fused-ring (bicyclic) bond motifs is 1. The lowest BCUT2D eigenvalue weighted by atomic mass is 10.0. The second kappa shape index (κ2) is 9.31. The summed E-state index contributed by atoms with van der Waals surface area (Å²) in [7, 11) is 0. The van der Waals surface area contributed by atoms with E-state index in [0.717, 1.165) is 61.0 Å². The van der Waals surface area contributed by atoms with Gasteiger partial charge in [-0.1, -0.05) is 29.3 Å². The zero-order chi connectivity index (χ0) is 22.1. The van der Waals surface area contributed by atoms with Crippen LogP contribution in [0.5, 0.6) is 0 Å². The SMILES string of the molecule is Cc1ccc(NCCCN2CC3CN(C(=O)c4cc(F)c(F)cc4Cl)CC3C2)cc1Cl. The van der Waals surface area contributed by atoms with E-state index < -0.39 is 11.6 Å². The number of anilines is 1. The van der Waals surface area contributed by atoms with Crippen LogP contribution in [0.1, 0.15) is 22.3 Å². The van der Waals surface area contributed by atoms with Crippen LogP contribution in [-0.2, 0) is 0 Å². The monoisotopic (exact) mass is 467 g/mol. The van der Waals surface area contributed by atoms with Crippen LogP contribution >= 0.6 is 23.2 Å². The van der Waals surface area contributed by atoms with Gasteiger partial charge in [-0.15, -0.1) is 0 Å². The van der Waals surface area contributed by atoms with Crippen molar-refractivity contribution in [3.8, 4) is 0 Å². The maximum Gasteiger partial charge on any atom is 0.255 e. The van der Waals surface area contributed by atoms with Crippen molar-refractivity contribution in [2.24, 2.45) is 11.8 Å². The first kappa shape index (κ1) is 22.3. The topological polar surface area (TPSA) is 35.6 Å². The van der Waals surface area contributed by atoms with Gasteiger partial charge in [0.25, 0.3) is 5.91 Å². The summed E-state index contributed by atoms with van der Waals surface area (Å²) in [6.07, 6.45) is 1.01. The molecule has 2 saturated heterocycles. The van der Waals surface area contributed by atoms with Gasteiger partial charge in [0.2, 0.25) is 0 Å². The zero-order valence-electron chi connectivity index (χ0n) is 17.3. The highest BCUT2D eigenvalue weighted by molar-refractivity contribution is 6.33. The first-order valence-corrected chi connectivity index (χ1v) is 11.2. The van der Waals surface area contributed by atoms with Gasteiger partial charge in [0.15, 0.2) is 11.6 Å². The molecule has 2 aromatic carbocycles. The van der Waals surface area contributed by atoms with Crippen LogP contribution in [0.25, 0.3) is 0 Å². The lowest BCUT2D eigenvalue weighted by Gasteiger charge is -2.22. The van der Waals surface area contributed by atoms with E-state index in [1.165, 1.54) is 0 Å². The van der Waals surface area contributed by atoms with Crippen LogP contribution in [0, 0.1) is 30.4 Å². The molecule has 4 nitrogen and oxygen atoms in total. The molecule has 31 heavy (non-hydrogen) atoms. The summed E-state index contributed by atoms with van der Waals surface area (Å²) in [5, 5.41) is 4.12. The Morgan fingerprint density at radius 1 is 1.03 bits per heavy atom. The predicted molar refractivity (Wildman–Crippen MR) is 120 cm³/mol. The number of benzene rings is 2. The number of nitrogens with zero attached hydrogens (tertiary/aromatic N) is 2. The highest BCUT2D eigenvalue weighted by Gasteiger charge is 2.41. The number of amides is 1. The lowest BCUT2D eigenvalue weighted by Crippen LogP contribution is -2.34. The number of nitrogens with one attached hydrogen (secondary N) is 1. The Balaban J connectivity index is 1.23. The van der Waals surface area contributed by atoms with Gasteiger partial charge in [-0.3, -0.25) is 4.79 Å². The normalized spacial score (nSPS) is 20.9. The molecule has 4 rings (SSSR count). The highest BCUT2D eigenvalue weighted by Crippen LogP contribution is 2.33. The summed E-state index contributed by atoms with van der Waals surface area (Å²) in [6, 6.07) is 7.75. The van der Waals surface area contributed by atoms with Gasteiger partial charge >= 0.3 is 0 Å². The smallest absolute Gasteiger partial charge is 0.255 e. The molecule has 0 aromatic heterocycles. The number of hydrogen-bond acceptors (Lipinski definition) is 3. The Labute approximate surface area is 191 Å². The van der Waals surface area contributed by atoms with Crippen molar-refractivity contribution in [1.29, 1.82) is 0 Å². The highest BCUT2D eigenvalue weighted by atomic mass is 35.5. The van der Waals surface area contributed by atoms with E-state index in [-0.39, 0.29) is 16.5 Å². The molecule has 1 amide bonds. The van der Waals surface area contributed by atoms with E-state index in [2.05, 4.69) is 10.2 Å². The standard InChI is InChI=1S/C23H25Cl2F2N3O/c1-14-3-4-17(7-19(14)24)28-5-2-6-29-10-15-12-30(13-16(15)11-29)23(31)18-8-21(26)22(27)9-20(18)25/h3-4,7-9,15-16,28H,2,5-6,10-13H2,1H3. The molecule has 2 aliphatic rings.